The number of carbonyl (C=O) groups is 1. The predicted molar refractivity (Wildman–Crippen MR) is 75.5 cm³/mol. The molecule has 0 atom stereocenters. The molecule has 6 heteroatoms. The molecule has 1 fully saturated rings. The molecule has 100 valence electrons. The Labute approximate surface area is 115 Å². The zero-order chi connectivity index (χ0) is 13.4. The number of hydrogen-bond donors (Lipinski definition) is 1. The van der Waals surface area contributed by atoms with Gasteiger partial charge in [-0.1, -0.05) is 0 Å². The molecule has 3 rings (SSSR count). The molecule has 5 nitrogen and oxygen atoms in total. The number of rotatable bonds is 3. The summed E-state index contributed by atoms with van der Waals surface area (Å²) in [5.41, 5.74) is 3.13. The van der Waals surface area contributed by atoms with E-state index in [0.717, 1.165) is 35.0 Å². The van der Waals surface area contributed by atoms with Gasteiger partial charge in [-0.05, 0) is 30.9 Å². The first-order valence-corrected chi connectivity index (χ1v) is 7.14. The lowest BCUT2D eigenvalue weighted by Crippen LogP contribution is -2.31. The van der Waals surface area contributed by atoms with Crippen LogP contribution in [0.3, 0.4) is 0 Å². The summed E-state index contributed by atoms with van der Waals surface area (Å²) < 4.78 is 0. The third-order valence-electron chi connectivity index (χ3n) is 3.45. The van der Waals surface area contributed by atoms with Crippen LogP contribution >= 0.6 is 11.3 Å². The van der Waals surface area contributed by atoms with Crippen molar-refractivity contribution in [3.63, 3.8) is 0 Å². The fraction of sp³-hybridized carbons (Fsp3) is 0.385. The lowest BCUT2D eigenvalue weighted by atomic mass is 10.3. The highest BCUT2D eigenvalue weighted by Gasteiger charge is 2.31. The molecule has 0 aliphatic carbocycles. The van der Waals surface area contributed by atoms with Gasteiger partial charge in [0.05, 0.1) is 18.6 Å². The van der Waals surface area contributed by atoms with Crippen LogP contribution in [-0.4, -0.2) is 34.0 Å². The Morgan fingerprint density at radius 3 is 2.89 bits per heavy atom. The molecule has 0 unspecified atom stereocenters. The SMILES string of the molecule is Cc1ccsc1N1CCN(Cc2nc[nH]c2C)C1=O. The van der Waals surface area contributed by atoms with Crippen molar-refractivity contribution in [2.75, 3.05) is 18.0 Å². The lowest BCUT2D eigenvalue weighted by Gasteiger charge is -2.17. The molecule has 2 amide bonds. The van der Waals surface area contributed by atoms with E-state index in [1.807, 2.05) is 35.1 Å². The largest absolute Gasteiger partial charge is 0.348 e. The summed E-state index contributed by atoms with van der Waals surface area (Å²) >= 11 is 1.62. The monoisotopic (exact) mass is 276 g/mol. The molecular formula is C13H16N4OS. The van der Waals surface area contributed by atoms with Crippen molar-refractivity contribution in [2.45, 2.75) is 20.4 Å². The molecule has 1 aliphatic rings. The summed E-state index contributed by atoms with van der Waals surface area (Å²) in [7, 11) is 0. The highest BCUT2D eigenvalue weighted by molar-refractivity contribution is 7.14. The Hall–Kier alpha value is -1.82. The van der Waals surface area contributed by atoms with Gasteiger partial charge in [0.1, 0.15) is 5.00 Å². The van der Waals surface area contributed by atoms with E-state index in [0.29, 0.717) is 6.54 Å². The second-order valence-corrected chi connectivity index (χ2v) is 5.63. The number of thiophene rings is 1. The lowest BCUT2D eigenvalue weighted by molar-refractivity contribution is 0.218. The van der Waals surface area contributed by atoms with Gasteiger partial charge < -0.3 is 9.88 Å². The summed E-state index contributed by atoms with van der Waals surface area (Å²) in [6, 6.07) is 2.13. The number of hydrogen-bond acceptors (Lipinski definition) is 3. The number of imidazole rings is 1. The van der Waals surface area contributed by atoms with Crippen molar-refractivity contribution in [1.29, 1.82) is 0 Å². The number of aromatic amines is 1. The van der Waals surface area contributed by atoms with Gasteiger partial charge >= 0.3 is 6.03 Å². The maximum atomic E-state index is 12.4. The van der Waals surface area contributed by atoms with Crippen molar-refractivity contribution >= 4 is 22.4 Å². The molecule has 2 aromatic rings. The zero-order valence-electron chi connectivity index (χ0n) is 11.0. The summed E-state index contributed by atoms with van der Waals surface area (Å²) in [4.78, 5) is 23.4. The third kappa shape index (κ3) is 2.12. The molecule has 0 aromatic carbocycles. The highest BCUT2D eigenvalue weighted by Crippen LogP contribution is 2.30. The maximum Gasteiger partial charge on any atom is 0.325 e. The fourth-order valence-corrected chi connectivity index (χ4v) is 3.24. The van der Waals surface area contributed by atoms with Crippen LogP contribution < -0.4 is 4.90 Å². The molecule has 3 heterocycles. The molecule has 1 saturated heterocycles. The number of anilines is 1. The molecule has 19 heavy (non-hydrogen) atoms. The molecule has 0 radical (unpaired) electrons. The van der Waals surface area contributed by atoms with E-state index < -0.39 is 0 Å². The van der Waals surface area contributed by atoms with Gasteiger partial charge in [0.2, 0.25) is 0 Å². The van der Waals surface area contributed by atoms with Crippen molar-refractivity contribution in [3.8, 4) is 0 Å². The molecule has 0 saturated carbocycles. The Morgan fingerprint density at radius 1 is 1.42 bits per heavy atom. The standard InChI is InChI=1S/C13H16N4OS/c1-9-3-6-19-12(9)17-5-4-16(13(17)18)7-11-10(2)14-8-15-11/h3,6,8H,4-5,7H2,1-2H3,(H,14,15). The van der Waals surface area contributed by atoms with E-state index in [4.69, 9.17) is 0 Å². The van der Waals surface area contributed by atoms with Crippen LogP contribution in [-0.2, 0) is 6.54 Å². The highest BCUT2D eigenvalue weighted by atomic mass is 32.1. The average Bonchev–Trinajstić information content (AvgIpc) is 3.05. The second kappa shape index (κ2) is 4.70. The van der Waals surface area contributed by atoms with Crippen LogP contribution in [0.15, 0.2) is 17.8 Å². The Bertz CT molecular complexity index is 603. The quantitative estimate of drug-likeness (QED) is 0.936. The van der Waals surface area contributed by atoms with E-state index in [2.05, 4.69) is 9.97 Å². The van der Waals surface area contributed by atoms with Gasteiger partial charge in [-0.15, -0.1) is 11.3 Å². The fourth-order valence-electron chi connectivity index (χ4n) is 2.29. The predicted octanol–water partition coefficient (Wildman–Crippen LogP) is 2.53. The first-order valence-electron chi connectivity index (χ1n) is 6.26. The van der Waals surface area contributed by atoms with Gasteiger partial charge in [-0.25, -0.2) is 9.78 Å². The van der Waals surface area contributed by atoms with Gasteiger partial charge in [-0.2, -0.15) is 0 Å². The maximum absolute atomic E-state index is 12.4. The molecular weight excluding hydrogens is 260 g/mol. The average molecular weight is 276 g/mol. The minimum Gasteiger partial charge on any atom is -0.348 e. The number of aryl methyl sites for hydroxylation is 2. The molecule has 0 bridgehead atoms. The van der Waals surface area contributed by atoms with Crippen LogP contribution in [0.4, 0.5) is 9.80 Å². The summed E-state index contributed by atoms with van der Waals surface area (Å²) in [5, 5.41) is 3.09. The topological polar surface area (TPSA) is 52.2 Å². The summed E-state index contributed by atoms with van der Waals surface area (Å²) in [6.45, 7) is 6.10. The molecule has 0 spiro atoms. The van der Waals surface area contributed by atoms with Crippen molar-refractivity contribution < 1.29 is 4.79 Å². The Morgan fingerprint density at radius 2 is 2.26 bits per heavy atom. The first kappa shape index (κ1) is 12.2. The van der Waals surface area contributed by atoms with Gasteiger partial charge in [0, 0.05) is 18.8 Å². The van der Waals surface area contributed by atoms with Crippen LogP contribution in [0, 0.1) is 13.8 Å². The summed E-state index contributed by atoms with van der Waals surface area (Å²) in [6.07, 6.45) is 1.67. The Kier molecular flexibility index (Phi) is 3.02. The summed E-state index contributed by atoms with van der Waals surface area (Å²) in [5.74, 6) is 0. The van der Waals surface area contributed by atoms with Gasteiger partial charge in [0.25, 0.3) is 0 Å². The number of nitrogens with zero attached hydrogens (tertiary/aromatic N) is 3. The molecule has 2 aromatic heterocycles. The Balaban J connectivity index is 1.76. The van der Waals surface area contributed by atoms with E-state index >= 15 is 0 Å². The number of carbonyl (C=O) groups excluding carboxylic acids is 1. The van der Waals surface area contributed by atoms with Crippen LogP contribution in [0.25, 0.3) is 0 Å². The smallest absolute Gasteiger partial charge is 0.325 e. The van der Waals surface area contributed by atoms with Crippen LogP contribution in [0.5, 0.6) is 0 Å². The number of aromatic nitrogens is 2. The van der Waals surface area contributed by atoms with E-state index in [1.165, 1.54) is 0 Å². The second-order valence-electron chi connectivity index (χ2n) is 4.74. The number of urea groups is 1. The first-order chi connectivity index (χ1) is 9.16. The van der Waals surface area contributed by atoms with Crippen molar-refractivity contribution in [3.05, 3.63) is 34.7 Å². The third-order valence-corrected chi connectivity index (χ3v) is 4.49. The van der Waals surface area contributed by atoms with E-state index in [-0.39, 0.29) is 6.03 Å². The molecule has 1 aliphatic heterocycles. The molecule has 1 N–H and O–H groups in total. The minimum atomic E-state index is 0.0768. The van der Waals surface area contributed by atoms with E-state index in [1.54, 1.807) is 17.7 Å². The zero-order valence-corrected chi connectivity index (χ0v) is 11.8. The number of nitrogens with one attached hydrogen (secondary N) is 1. The van der Waals surface area contributed by atoms with Crippen molar-refractivity contribution in [2.24, 2.45) is 0 Å². The van der Waals surface area contributed by atoms with Crippen LogP contribution in [0.1, 0.15) is 17.0 Å². The normalized spacial score (nSPS) is 15.6. The van der Waals surface area contributed by atoms with Crippen LogP contribution in [0.2, 0.25) is 0 Å². The number of H-pyrrole nitrogens is 1. The van der Waals surface area contributed by atoms with Gasteiger partial charge in [0.15, 0.2) is 0 Å². The number of amides is 2. The van der Waals surface area contributed by atoms with E-state index in [9.17, 15) is 4.79 Å². The van der Waals surface area contributed by atoms with Gasteiger partial charge in [-0.3, -0.25) is 4.90 Å². The minimum absolute atomic E-state index is 0.0768. The van der Waals surface area contributed by atoms with Crippen molar-refractivity contribution in [1.82, 2.24) is 14.9 Å².